The molecule has 1 amide bonds. The monoisotopic (exact) mass is 440 g/mol. The lowest BCUT2D eigenvalue weighted by Crippen LogP contribution is -2.43. The highest BCUT2D eigenvalue weighted by molar-refractivity contribution is 6.33. The Bertz CT molecular complexity index is 1120. The first kappa shape index (κ1) is 22.4. The van der Waals surface area contributed by atoms with Crippen molar-refractivity contribution >= 4 is 39.9 Å². The minimum absolute atomic E-state index is 0.113. The number of amides is 1. The molecule has 0 spiro atoms. The number of carbonyl (C=O) groups is 2. The van der Waals surface area contributed by atoms with Gasteiger partial charge in [-0.3, -0.25) is 4.79 Å². The number of carbonyl (C=O) groups excluding carboxylic acids is 1. The normalized spacial score (nSPS) is 11.2. The second-order valence-electron chi connectivity index (χ2n) is 8.20. The molecule has 0 fully saturated rings. The van der Waals surface area contributed by atoms with E-state index >= 15 is 0 Å². The number of carboxylic acid groups (broad SMARTS) is 1. The van der Waals surface area contributed by atoms with Crippen LogP contribution in [0.25, 0.3) is 10.8 Å². The Morgan fingerprint density at radius 2 is 1.81 bits per heavy atom. The van der Waals surface area contributed by atoms with Gasteiger partial charge in [0, 0.05) is 17.6 Å². The molecule has 3 aromatic rings. The van der Waals surface area contributed by atoms with Gasteiger partial charge in [-0.15, -0.1) is 0 Å². The number of nitrogens with one attached hydrogen (secondary N) is 2. The van der Waals surface area contributed by atoms with Crippen LogP contribution in [-0.4, -0.2) is 29.1 Å². The molecule has 0 radical (unpaired) electrons. The van der Waals surface area contributed by atoms with Crippen molar-refractivity contribution in [3.8, 4) is 5.75 Å². The van der Waals surface area contributed by atoms with Crippen LogP contribution in [0.3, 0.4) is 0 Å². The first-order valence-electron chi connectivity index (χ1n) is 9.85. The van der Waals surface area contributed by atoms with Crippen LogP contribution in [0.4, 0.5) is 5.69 Å². The maximum Gasteiger partial charge on any atom is 0.335 e. The van der Waals surface area contributed by atoms with Gasteiger partial charge in [0.1, 0.15) is 5.75 Å². The maximum absolute atomic E-state index is 12.2. The number of halogens is 1. The zero-order valence-corrected chi connectivity index (χ0v) is 18.4. The molecule has 31 heavy (non-hydrogen) atoms. The minimum Gasteiger partial charge on any atom is -0.483 e. The summed E-state index contributed by atoms with van der Waals surface area (Å²) in [4.78, 5) is 23.5. The fourth-order valence-corrected chi connectivity index (χ4v) is 3.39. The Morgan fingerprint density at radius 1 is 1.06 bits per heavy atom. The SMILES string of the molecule is CC(C)(C)NC(=O)COc1ccc2ccccc2c1CNc1cc(C(=O)O)ccc1Cl. The van der Waals surface area contributed by atoms with Gasteiger partial charge in [-0.2, -0.15) is 0 Å². The highest BCUT2D eigenvalue weighted by Crippen LogP contribution is 2.30. The number of hydrogen-bond donors (Lipinski definition) is 3. The molecule has 0 saturated heterocycles. The van der Waals surface area contributed by atoms with Gasteiger partial charge in [0.15, 0.2) is 6.61 Å². The van der Waals surface area contributed by atoms with E-state index in [1.807, 2.05) is 57.2 Å². The van der Waals surface area contributed by atoms with E-state index in [4.69, 9.17) is 16.3 Å². The minimum atomic E-state index is -1.03. The Hall–Kier alpha value is -3.25. The van der Waals surface area contributed by atoms with Crippen LogP contribution < -0.4 is 15.4 Å². The average Bonchev–Trinajstić information content (AvgIpc) is 2.70. The summed E-state index contributed by atoms with van der Waals surface area (Å²) in [5.74, 6) is -0.670. The second kappa shape index (κ2) is 9.27. The first-order valence-corrected chi connectivity index (χ1v) is 10.2. The molecule has 0 heterocycles. The van der Waals surface area contributed by atoms with Crippen molar-refractivity contribution in [3.05, 3.63) is 70.7 Å². The number of benzene rings is 3. The average molecular weight is 441 g/mol. The van der Waals surface area contributed by atoms with E-state index < -0.39 is 5.97 Å². The van der Waals surface area contributed by atoms with Gasteiger partial charge in [0.25, 0.3) is 5.91 Å². The summed E-state index contributed by atoms with van der Waals surface area (Å²) in [5.41, 5.74) is 1.14. The molecule has 0 unspecified atom stereocenters. The molecular weight excluding hydrogens is 416 g/mol. The molecular formula is C24H25ClN2O4. The van der Waals surface area contributed by atoms with Crippen LogP contribution in [0.15, 0.2) is 54.6 Å². The van der Waals surface area contributed by atoms with E-state index in [-0.39, 0.29) is 23.6 Å². The number of aromatic carboxylic acids is 1. The zero-order chi connectivity index (χ0) is 22.6. The third kappa shape index (κ3) is 5.89. The predicted molar refractivity (Wildman–Crippen MR) is 123 cm³/mol. The van der Waals surface area contributed by atoms with E-state index in [1.165, 1.54) is 12.1 Å². The number of carboxylic acids is 1. The molecule has 0 aliphatic carbocycles. The van der Waals surface area contributed by atoms with Gasteiger partial charge in [-0.25, -0.2) is 4.79 Å². The summed E-state index contributed by atoms with van der Waals surface area (Å²) in [7, 11) is 0. The second-order valence-corrected chi connectivity index (χ2v) is 8.61. The van der Waals surface area contributed by atoms with Gasteiger partial charge in [-0.05, 0) is 55.8 Å². The topological polar surface area (TPSA) is 87.7 Å². The van der Waals surface area contributed by atoms with E-state index in [1.54, 1.807) is 6.07 Å². The largest absolute Gasteiger partial charge is 0.483 e. The van der Waals surface area contributed by atoms with Crippen LogP contribution in [0.1, 0.15) is 36.7 Å². The summed E-state index contributed by atoms with van der Waals surface area (Å²) in [6.07, 6.45) is 0. The van der Waals surface area contributed by atoms with E-state index in [2.05, 4.69) is 10.6 Å². The highest BCUT2D eigenvalue weighted by Gasteiger charge is 2.16. The van der Waals surface area contributed by atoms with Crippen LogP contribution in [0.5, 0.6) is 5.75 Å². The van der Waals surface area contributed by atoms with Crippen molar-refractivity contribution in [1.29, 1.82) is 0 Å². The number of fused-ring (bicyclic) bond motifs is 1. The first-order chi connectivity index (χ1) is 14.6. The van der Waals surface area contributed by atoms with Crippen LogP contribution >= 0.6 is 11.6 Å². The fourth-order valence-electron chi connectivity index (χ4n) is 3.21. The standard InChI is InChI=1S/C24H25ClN2O4/c1-24(2,3)27-22(28)14-31-21-11-9-15-6-4-5-7-17(15)18(21)13-26-20-12-16(23(29)30)8-10-19(20)25/h4-12,26H,13-14H2,1-3H3,(H,27,28)(H,29,30). The van der Waals surface area contributed by atoms with E-state index in [0.29, 0.717) is 23.0 Å². The molecule has 6 nitrogen and oxygen atoms in total. The van der Waals surface area contributed by atoms with Crippen LogP contribution in [-0.2, 0) is 11.3 Å². The summed E-state index contributed by atoms with van der Waals surface area (Å²) < 4.78 is 5.85. The highest BCUT2D eigenvalue weighted by atomic mass is 35.5. The molecule has 3 N–H and O–H groups in total. The van der Waals surface area contributed by atoms with E-state index in [9.17, 15) is 14.7 Å². The molecule has 0 aromatic heterocycles. The quantitative estimate of drug-likeness (QED) is 0.476. The summed E-state index contributed by atoms with van der Waals surface area (Å²) >= 11 is 6.25. The molecule has 0 bridgehead atoms. The van der Waals surface area contributed by atoms with Gasteiger partial charge in [-0.1, -0.05) is 41.9 Å². The smallest absolute Gasteiger partial charge is 0.335 e. The Balaban J connectivity index is 1.87. The molecule has 7 heteroatoms. The van der Waals surface area contributed by atoms with Gasteiger partial charge < -0.3 is 20.5 Å². The Morgan fingerprint density at radius 3 is 2.52 bits per heavy atom. The predicted octanol–water partition coefficient (Wildman–Crippen LogP) is 5.10. The zero-order valence-electron chi connectivity index (χ0n) is 17.7. The lowest BCUT2D eigenvalue weighted by atomic mass is 10.0. The molecule has 0 aliphatic heterocycles. The number of rotatable bonds is 7. The van der Waals surface area contributed by atoms with Gasteiger partial charge in [0.2, 0.25) is 0 Å². The van der Waals surface area contributed by atoms with Gasteiger partial charge in [0.05, 0.1) is 16.3 Å². The van der Waals surface area contributed by atoms with E-state index in [0.717, 1.165) is 16.3 Å². The summed E-state index contributed by atoms with van der Waals surface area (Å²) in [6, 6.07) is 16.1. The third-order valence-corrected chi connectivity index (χ3v) is 4.87. The van der Waals surface area contributed by atoms with Crippen molar-refractivity contribution in [2.75, 3.05) is 11.9 Å². The lowest BCUT2D eigenvalue weighted by molar-refractivity contribution is -0.124. The molecule has 0 atom stereocenters. The number of anilines is 1. The van der Waals surface area contributed by atoms with Crippen LogP contribution in [0, 0.1) is 0 Å². The maximum atomic E-state index is 12.2. The van der Waals surface area contributed by atoms with Crippen molar-refractivity contribution in [1.82, 2.24) is 5.32 Å². The van der Waals surface area contributed by atoms with Crippen molar-refractivity contribution in [2.24, 2.45) is 0 Å². The number of ether oxygens (including phenoxy) is 1. The van der Waals surface area contributed by atoms with Crippen molar-refractivity contribution in [3.63, 3.8) is 0 Å². The Labute approximate surface area is 186 Å². The van der Waals surface area contributed by atoms with Crippen LogP contribution in [0.2, 0.25) is 5.02 Å². The molecule has 3 rings (SSSR count). The summed E-state index contributed by atoms with van der Waals surface area (Å²) in [6.45, 7) is 5.94. The van der Waals surface area contributed by atoms with Crippen molar-refractivity contribution < 1.29 is 19.4 Å². The van der Waals surface area contributed by atoms with Gasteiger partial charge >= 0.3 is 5.97 Å². The molecule has 0 aliphatic rings. The molecule has 3 aromatic carbocycles. The molecule has 162 valence electrons. The fraction of sp³-hybridized carbons (Fsp3) is 0.250. The lowest BCUT2D eigenvalue weighted by Gasteiger charge is -2.21. The summed E-state index contributed by atoms with van der Waals surface area (Å²) in [5, 5.41) is 17.7. The molecule has 0 saturated carbocycles. The number of hydrogen-bond acceptors (Lipinski definition) is 4. The Kier molecular flexibility index (Phi) is 6.71. The third-order valence-electron chi connectivity index (χ3n) is 4.54. The van der Waals surface area contributed by atoms with Crippen molar-refractivity contribution in [2.45, 2.75) is 32.9 Å².